The van der Waals surface area contributed by atoms with Crippen LogP contribution < -0.4 is 5.32 Å². The minimum atomic E-state index is -1.31. The van der Waals surface area contributed by atoms with Crippen LogP contribution in [0.25, 0.3) is 5.70 Å². The standard InChI is InChI=1S/C17H14ClNO3/c18-17(22-11-16(20)21)10-15(12-6-2-1-3-7-12)19-14-9-5-4-8-13(14)17/h1-10,19H,11H2,(H,20,21). The van der Waals surface area contributed by atoms with E-state index in [2.05, 4.69) is 5.32 Å². The second-order valence-electron chi connectivity index (χ2n) is 4.92. The van der Waals surface area contributed by atoms with Gasteiger partial charge in [0.25, 0.3) is 0 Å². The molecule has 0 saturated carbocycles. The third-order valence-electron chi connectivity index (χ3n) is 3.38. The van der Waals surface area contributed by atoms with Gasteiger partial charge in [0.1, 0.15) is 6.61 Å². The van der Waals surface area contributed by atoms with Gasteiger partial charge in [0.15, 0.2) is 5.06 Å². The fourth-order valence-corrected chi connectivity index (χ4v) is 2.72. The summed E-state index contributed by atoms with van der Waals surface area (Å²) in [5, 5.41) is 10.9. The Labute approximate surface area is 133 Å². The van der Waals surface area contributed by atoms with E-state index in [1.54, 1.807) is 6.08 Å². The predicted octanol–water partition coefficient (Wildman–Crippen LogP) is 3.65. The first-order chi connectivity index (χ1) is 10.6. The molecule has 1 heterocycles. The quantitative estimate of drug-likeness (QED) is 0.846. The van der Waals surface area contributed by atoms with Crippen LogP contribution in [0.1, 0.15) is 11.1 Å². The molecule has 2 aromatic rings. The number of para-hydroxylation sites is 1. The van der Waals surface area contributed by atoms with Crippen LogP contribution in [0.4, 0.5) is 5.69 Å². The van der Waals surface area contributed by atoms with E-state index in [0.29, 0.717) is 5.56 Å². The third-order valence-corrected chi connectivity index (χ3v) is 3.81. The number of carboxylic acid groups (broad SMARTS) is 1. The smallest absolute Gasteiger partial charge is 0.329 e. The van der Waals surface area contributed by atoms with Gasteiger partial charge in [-0.1, -0.05) is 60.1 Å². The van der Waals surface area contributed by atoms with E-state index in [0.717, 1.165) is 16.9 Å². The van der Waals surface area contributed by atoms with E-state index in [-0.39, 0.29) is 0 Å². The summed E-state index contributed by atoms with van der Waals surface area (Å²) in [6.45, 7) is -0.476. The highest BCUT2D eigenvalue weighted by molar-refractivity contribution is 6.26. The molecule has 4 nitrogen and oxygen atoms in total. The van der Waals surface area contributed by atoms with Crippen LogP contribution in [-0.4, -0.2) is 17.7 Å². The Morgan fingerprint density at radius 2 is 1.82 bits per heavy atom. The maximum absolute atomic E-state index is 10.8. The van der Waals surface area contributed by atoms with Gasteiger partial charge in [-0.2, -0.15) is 0 Å². The fourth-order valence-electron chi connectivity index (χ4n) is 2.39. The molecule has 3 rings (SSSR count). The van der Waals surface area contributed by atoms with Crippen LogP contribution >= 0.6 is 11.6 Å². The highest BCUT2D eigenvalue weighted by Crippen LogP contribution is 2.43. The number of hydrogen-bond donors (Lipinski definition) is 2. The molecule has 1 aliphatic rings. The molecule has 0 aliphatic carbocycles. The minimum Gasteiger partial charge on any atom is -0.480 e. The first-order valence-corrected chi connectivity index (χ1v) is 7.16. The Bertz CT molecular complexity index is 730. The Hall–Kier alpha value is -2.30. The van der Waals surface area contributed by atoms with E-state index >= 15 is 0 Å². The molecule has 1 unspecified atom stereocenters. The van der Waals surface area contributed by atoms with Gasteiger partial charge in [0, 0.05) is 16.9 Å². The molecule has 1 aliphatic heterocycles. The van der Waals surface area contributed by atoms with E-state index in [1.165, 1.54) is 0 Å². The Kier molecular flexibility index (Phi) is 3.88. The van der Waals surface area contributed by atoms with Gasteiger partial charge in [-0.25, -0.2) is 4.79 Å². The zero-order chi connectivity index (χ0) is 15.6. The number of carbonyl (C=O) groups is 1. The maximum atomic E-state index is 10.8. The average molecular weight is 316 g/mol. The number of fused-ring (bicyclic) bond motifs is 1. The normalized spacial score (nSPS) is 19.8. The molecule has 0 amide bonds. The molecule has 0 spiro atoms. The number of nitrogens with one attached hydrogen (secondary N) is 1. The van der Waals surface area contributed by atoms with Crippen molar-refractivity contribution in [3.05, 3.63) is 71.8 Å². The third kappa shape index (κ3) is 2.84. The van der Waals surface area contributed by atoms with E-state index < -0.39 is 17.6 Å². The monoisotopic (exact) mass is 315 g/mol. The van der Waals surface area contributed by atoms with Gasteiger partial charge in [0.2, 0.25) is 0 Å². The van der Waals surface area contributed by atoms with Crippen molar-refractivity contribution in [3.8, 4) is 0 Å². The number of aliphatic carboxylic acids is 1. The second kappa shape index (κ2) is 5.83. The Morgan fingerprint density at radius 3 is 2.55 bits per heavy atom. The first kappa shape index (κ1) is 14.6. The fraction of sp³-hybridized carbons (Fsp3) is 0.118. The first-order valence-electron chi connectivity index (χ1n) is 6.78. The number of carboxylic acids is 1. The van der Waals surface area contributed by atoms with Crippen LogP contribution in [0.5, 0.6) is 0 Å². The van der Waals surface area contributed by atoms with E-state index in [9.17, 15) is 4.79 Å². The van der Waals surface area contributed by atoms with Gasteiger partial charge >= 0.3 is 5.97 Å². The number of ether oxygens (including phenoxy) is 1. The van der Waals surface area contributed by atoms with Crippen LogP contribution in [0.2, 0.25) is 0 Å². The SMILES string of the molecule is O=C(O)COC1(Cl)C=C(c2ccccc2)Nc2ccccc21. The van der Waals surface area contributed by atoms with Gasteiger partial charge in [-0.15, -0.1) is 0 Å². The Balaban J connectivity index is 2.04. The second-order valence-corrected chi connectivity index (χ2v) is 5.48. The van der Waals surface area contributed by atoms with Crippen molar-refractivity contribution in [1.29, 1.82) is 0 Å². The summed E-state index contributed by atoms with van der Waals surface area (Å²) in [6, 6.07) is 17.1. The largest absolute Gasteiger partial charge is 0.480 e. The molecule has 0 radical (unpaired) electrons. The lowest BCUT2D eigenvalue weighted by atomic mass is 9.98. The van der Waals surface area contributed by atoms with Gasteiger partial charge in [-0.05, 0) is 17.7 Å². The molecule has 112 valence electrons. The summed E-state index contributed by atoms with van der Waals surface area (Å²) in [4.78, 5) is 10.8. The molecule has 2 aromatic carbocycles. The van der Waals surface area contributed by atoms with Gasteiger partial charge < -0.3 is 15.2 Å². The summed E-state index contributed by atoms with van der Waals surface area (Å²) in [6.07, 6.45) is 1.70. The number of halogens is 1. The van der Waals surface area contributed by atoms with Crippen molar-refractivity contribution in [3.63, 3.8) is 0 Å². The summed E-state index contributed by atoms with van der Waals surface area (Å²) >= 11 is 6.59. The highest BCUT2D eigenvalue weighted by atomic mass is 35.5. The molecular formula is C17H14ClNO3. The van der Waals surface area contributed by atoms with Gasteiger partial charge in [-0.3, -0.25) is 0 Å². The van der Waals surface area contributed by atoms with Crippen LogP contribution in [0.15, 0.2) is 60.7 Å². The molecule has 2 N–H and O–H groups in total. The maximum Gasteiger partial charge on any atom is 0.329 e. The number of hydrogen-bond acceptors (Lipinski definition) is 3. The van der Waals surface area contributed by atoms with Crippen molar-refractivity contribution in [1.82, 2.24) is 0 Å². The van der Waals surface area contributed by atoms with Crippen LogP contribution in [0, 0.1) is 0 Å². The molecule has 22 heavy (non-hydrogen) atoms. The molecule has 0 fully saturated rings. The average Bonchev–Trinajstić information content (AvgIpc) is 2.54. The predicted molar refractivity (Wildman–Crippen MR) is 85.6 cm³/mol. The van der Waals surface area contributed by atoms with Crippen molar-refractivity contribution in [2.45, 2.75) is 5.06 Å². The summed E-state index contributed by atoms with van der Waals surface area (Å²) in [5.74, 6) is -1.06. The number of rotatable bonds is 4. The molecule has 1 atom stereocenters. The lowest BCUT2D eigenvalue weighted by Gasteiger charge is -2.32. The molecule has 0 bridgehead atoms. The zero-order valence-corrected chi connectivity index (χ0v) is 12.4. The summed E-state index contributed by atoms with van der Waals surface area (Å²) in [7, 11) is 0. The number of benzene rings is 2. The van der Waals surface area contributed by atoms with Crippen LogP contribution in [-0.2, 0) is 14.6 Å². The molecule has 0 saturated heterocycles. The molecule has 0 aromatic heterocycles. The topological polar surface area (TPSA) is 58.6 Å². The van der Waals surface area contributed by atoms with Crippen molar-refractivity contribution >= 4 is 29.0 Å². The van der Waals surface area contributed by atoms with Crippen molar-refractivity contribution in [2.75, 3.05) is 11.9 Å². The number of alkyl halides is 1. The minimum absolute atomic E-state index is 0.476. The van der Waals surface area contributed by atoms with E-state index in [4.69, 9.17) is 21.4 Å². The molecule has 5 heteroatoms. The number of anilines is 1. The van der Waals surface area contributed by atoms with Crippen LogP contribution in [0.3, 0.4) is 0 Å². The van der Waals surface area contributed by atoms with Crippen molar-refractivity contribution < 1.29 is 14.6 Å². The highest BCUT2D eigenvalue weighted by Gasteiger charge is 2.35. The lowest BCUT2D eigenvalue weighted by molar-refractivity contribution is -0.144. The van der Waals surface area contributed by atoms with E-state index in [1.807, 2.05) is 54.6 Å². The van der Waals surface area contributed by atoms with Gasteiger partial charge in [0.05, 0.1) is 0 Å². The summed E-state index contributed by atoms with van der Waals surface area (Å²) in [5.41, 5.74) is 3.21. The lowest BCUT2D eigenvalue weighted by Crippen LogP contribution is -2.29. The Morgan fingerprint density at radius 1 is 1.14 bits per heavy atom. The van der Waals surface area contributed by atoms with Crippen molar-refractivity contribution in [2.24, 2.45) is 0 Å². The zero-order valence-electron chi connectivity index (χ0n) is 11.6. The summed E-state index contributed by atoms with van der Waals surface area (Å²) < 4.78 is 5.46. The molecular weight excluding hydrogens is 302 g/mol.